The smallest absolute Gasteiger partial charge is 0.320 e. The highest BCUT2D eigenvalue weighted by Gasteiger charge is 2.28. The molecule has 0 aromatic heterocycles. The Morgan fingerprint density at radius 2 is 1.00 bits per heavy atom. The Morgan fingerprint density at radius 3 is 1.36 bits per heavy atom. The molecule has 1 aliphatic heterocycles. The van der Waals surface area contributed by atoms with Crippen molar-refractivity contribution >= 4 is 35.7 Å². The van der Waals surface area contributed by atoms with Crippen molar-refractivity contribution in [2.24, 2.45) is 0 Å². The SMILES string of the molecule is CC.CC(=O)NCCCCCNC(=O)CCC(C(=O)O)N1CCN(CC(=O)O)CCN(CC(=O)O)CCN(CC(=O)O)CC1. The number of nitrogens with one attached hydrogen (secondary N) is 2. The van der Waals surface area contributed by atoms with Gasteiger partial charge in [0.15, 0.2) is 0 Å². The first-order valence-electron chi connectivity index (χ1n) is 15.2. The van der Waals surface area contributed by atoms with Gasteiger partial charge >= 0.3 is 23.9 Å². The average Bonchev–Trinajstić information content (AvgIpc) is 2.93. The lowest BCUT2D eigenvalue weighted by Crippen LogP contribution is -2.52. The standard InChI is InChI=1S/C26H46N6O10.C2H6/c1-20(33)27-7-3-2-4-8-28-22(34)6-5-21(26(41)42)32-15-13-30(18-24(37)38)11-9-29(17-23(35)36)10-12-31(14-16-32)19-25(39)40;1-2/h21H,2-19H2,1H3,(H,27,33)(H,28,34)(H,35,36)(H,37,38)(H,39,40)(H,41,42);1-2H3. The molecule has 1 atom stereocenters. The number of unbranched alkanes of at least 4 members (excludes halogenated alkanes) is 2. The zero-order valence-corrected chi connectivity index (χ0v) is 26.3. The average molecular weight is 633 g/mol. The van der Waals surface area contributed by atoms with Crippen LogP contribution in [0.25, 0.3) is 0 Å². The van der Waals surface area contributed by atoms with Crippen molar-refractivity contribution in [3.05, 3.63) is 0 Å². The quantitative estimate of drug-likeness (QED) is 0.108. The van der Waals surface area contributed by atoms with Crippen LogP contribution in [-0.2, 0) is 28.8 Å². The second-order valence-corrected chi connectivity index (χ2v) is 10.3. The molecule has 0 aromatic rings. The fraction of sp³-hybridized carbons (Fsp3) is 0.786. The molecule has 0 saturated carbocycles. The molecule has 0 bridgehead atoms. The van der Waals surface area contributed by atoms with E-state index >= 15 is 0 Å². The number of nitrogens with zero attached hydrogens (tertiary/aromatic N) is 4. The highest BCUT2D eigenvalue weighted by atomic mass is 16.4. The predicted molar refractivity (Wildman–Crippen MR) is 161 cm³/mol. The molecule has 2 amide bonds. The molecule has 0 radical (unpaired) electrons. The van der Waals surface area contributed by atoms with Gasteiger partial charge in [-0.3, -0.25) is 48.4 Å². The second kappa shape index (κ2) is 24.0. The van der Waals surface area contributed by atoms with Crippen molar-refractivity contribution in [3.63, 3.8) is 0 Å². The van der Waals surface area contributed by atoms with Gasteiger partial charge in [0.25, 0.3) is 0 Å². The van der Waals surface area contributed by atoms with Gasteiger partial charge in [-0.1, -0.05) is 13.8 Å². The number of rotatable bonds is 17. The number of carboxylic acids is 4. The molecule has 254 valence electrons. The van der Waals surface area contributed by atoms with Crippen molar-refractivity contribution in [2.75, 3.05) is 85.1 Å². The Bertz CT molecular complexity index is 874. The Kier molecular flexibility index (Phi) is 22.2. The van der Waals surface area contributed by atoms with Crippen LogP contribution in [0.3, 0.4) is 0 Å². The summed E-state index contributed by atoms with van der Waals surface area (Å²) < 4.78 is 0. The Labute approximate surface area is 259 Å². The van der Waals surface area contributed by atoms with E-state index in [1.54, 1.807) is 19.6 Å². The molecule has 0 spiro atoms. The molecule has 0 aromatic carbocycles. The molecular weight excluding hydrogens is 580 g/mol. The number of carbonyl (C=O) groups is 6. The van der Waals surface area contributed by atoms with Crippen molar-refractivity contribution in [3.8, 4) is 0 Å². The molecule has 1 saturated heterocycles. The third kappa shape index (κ3) is 20.5. The van der Waals surface area contributed by atoms with Crippen LogP contribution in [0.2, 0.25) is 0 Å². The largest absolute Gasteiger partial charge is 0.480 e. The molecule has 16 nitrogen and oxygen atoms in total. The third-order valence-corrected chi connectivity index (χ3v) is 6.87. The lowest BCUT2D eigenvalue weighted by Gasteiger charge is -2.35. The lowest BCUT2D eigenvalue weighted by molar-refractivity contribution is -0.145. The van der Waals surface area contributed by atoms with Crippen molar-refractivity contribution in [2.45, 2.75) is 58.9 Å². The monoisotopic (exact) mass is 632 g/mol. The Balaban J connectivity index is 0.00000904. The van der Waals surface area contributed by atoms with E-state index in [1.165, 1.54) is 6.92 Å². The van der Waals surface area contributed by atoms with Gasteiger partial charge in [-0.15, -0.1) is 0 Å². The van der Waals surface area contributed by atoms with E-state index in [4.69, 9.17) is 0 Å². The Hall–Kier alpha value is -3.34. The maximum absolute atomic E-state index is 12.4. The molecule has 16 heteroatoms. The summed E-state index contributed by atoms with van der Waals surface area (Å²) in [5.41, 5.74) is 0. The van der Waals surface area contributed by atoms with Gasteiger partial charge in [0, 0.05) is 78.8 Å². The topological polar surface area (TPSA) is 220 Å². The van der Waals surface area contributed by atoms with Gasteiger partial charge in [0.2, 0.25) is 11.8 Å². The van der Waals surface area contributed by atoms with Crippen LogP contribution in [0, 0.1) is 0 Å². The van der Waals surface area contributed by atoms with Crippen molar-refractivity contribution in [1.29, 1.82) is 0 Å². The summed E-state index contributed by atoms with van der Waals surface area (Å²) in [6.07, 6.45) is 2.26. The van der Waals surface area contributed by atoms with Crippen LogP contribution in [0.4, 0.5) is 0 Å². The van der Waals surface area contributed by atoms with Crippen LogP contribution in [0.1, 0.15) is 52.9 Å². The minimum Gasteiger partial charge on any atom is -0.480 e. The lowest BCUT2D eigenvalue weighted by atomic mass is 10.1. The molecule has 1 rings (SSSR count). The molecular formula is C28H52N6O10. The molecule has 0 aliphatic carbocycles. The van der Waals surface area contributed by atoms with E-state index in [-0.39, 0.29) is 96.6 Å². The second-order valence-electron chi connectivity index (χ2n) is 10.3. The molecule has 44 heavy (non-hydrogen) atoms. The van der Waals surface area contributed by atoms with E-state index < -0.39 is 29.9 Å². The van der Waals surface area contributed by atoms with E-state index in [2.05, 4.69) is 10.6 Å². The number of aliphatic carboxylic acids is 4. The summed E-state index contributed by atoms with van der Waals surface area (Å²) in [7, 11) is 0. The van der Waals surface area contributed by atoms with Gasteiger partial charge in [0.1, 0.15) is 6.04 Å². The van der Waals surface area contributed by atoms with Crippen molar-refractivity contribution < 1.29 is 49.2 Å². The summed E-state index contributed by atoms with van der Waals surface area (Å²) in [4.78, 5) is 76.3. The molecule has 1 heterocycles. The van der Waals surface area contributed by atoms with Gasteiger partial charge in [-0.05, 0) is 25.7 Å². The first-order chi connectivity index (χ1) is 20.9. The van der Waals surface area contributed by atoms with Crippen LogP contribution in [0.5, 0.6) is 0 Å². The summed E-state index contributed by atoms with van der Waals surface area (Å²) in [5, 5.41) is 43.5. The third-order valence-electron chi connectivity index (χ3n) is 6.87. The van der Waals surface area contributed by atoms with E-state index in [9.17, 15) is 49.2 Å². The van der Waals surface area contributed by atoms with Gasteiger partial charge in [-0.25, -0.2) is 0 Å². The van der Waals surface area contributed by atoms with Crippen LogP contribution in [-0.4, -0.2) is 167 Å². The fourth-order valence-corrected chi connectivity index (χ4v) is 4.65. The first kappa shape index (κ1) is 40.7. The van der Waals surface area contributed by atoms with Crippen LogP contribution < -0.4 is 10.6 Å². The van der Waals surface area contributed by atoms with Gasteiger partial charge < -0.3 is 31.1 Å². The number of amides is 2. The minimum absolute atomic E-state index is 0.00789. The normalized spacial score (nSPS) is 16.7. The fourth-order valence-electron chi connectivity index (χ4n) is 4.65. The number of carbonyl (C=O) groups excluding carboxylic acids is 2. The molecule has 6 N–H and O–H groups in total. The van der Waals surface area contributed by atoms with Gasteiger partial charge in [0.05, 0.1) is 19.6 Å². The summed E-state index contributed by atoms with van der Waals surface area (Å²) in [6, 6.07) is -1.06. The van der Waals surface area contributed by atoms with E-state index in [1.807, 2.05) is 13.8 Å². The number of carboxylic acid groups (broad SMARTS) is 4. The van der Waals surface area contributed by atoms with Crippen LogP contribution in [0.15, 0.2) is 0 Å². The molecule has 1 unspecified atom stereocenters. The summed E-state index contributed by atoms with van der Waals surface area (Å²) in [5.74, 6) is -4.75. The van der Waals surface area contributed by atoms with E-state index in [0.717, 1.165) is 12.8 Å². The molecule has 1 fully saturated rings. The highest BCUT2D eigenvalue weighted by Crippen LogP contribution is 2.11. The van der Waals surface area contributed by atoms with Crippen molar-refractivity contribution in [1.82, 2.24) is 30.2 Å². The maximum atomic E-state index is 12.4. The highest BCUT2D eigenvalue weighted by molar-refractivity contribution is 5.78. The summed E-state index contributed by atoms with van der Waals surface area (Å²) in [6.45, 7) is 7.09. The first-order valence-corrected chi connectivity index (χ1v) is 15.2. The van der Waals surface area contributed by atoms with E-state index in [0.29, 0.717) is 19.5 Å². The minimum atomic E-state index is -1.14. The number of hydrogen-bond donors (Lipinski definition) is 6. The number of hydrogen-bond acceptors (Lipinski definition) is 10. The molecule has 1 aliphatic rings. The Morgan fingerprint density at radius 1 is 0.614 bits per heavy atom. The van der Waals surface area contributed by atoms with Crippen LogP contribution >= 0.6 is 0 Å². The zero-order chi connectivity index (χ0) is 33.5. The predicted octanol–water partition coefficient (Wildman–Crippen LogP) is -0.856. The maximum Gasteiger partial charge on any atom is 0.320 e. The zero-order valence-electron chi connectivity index (χ0n) is 26.3. The van der Waals surface area contributed by atoms with Gasteiger partial charge in [-0.2, -0.15) is 0 Å². The summed E-state index contributed by atoms with van der Waals surface area (Å²) >= 11 is 0.